The molecule has 286 valence electrons. The van der Waals surface area contributed by atoms with Gasteiger partial charge in [-0.15, -0.1) is 0 Å². The number of nitrogens with one attached hydrogen (secondary N) is 2. The fourth-order valence-corrected chi connectivity index (χ4v) is 9.66. The number of pyridine rings is 1. The van der Waals surface area contributed by atoms with Crippen molar-refractivity contribution in [1.29, 1.82) is 0 Å². The summed E-state index contributed by atoms with van der Waals surface area (Å²) >= 11 is 0. The zero-order valence-electron chi connectivity index (χ0n) is 30.6. The second kappa shape index (κ2) is 13.9. The molecule has 4 amide bonds. The molecule has 7 rings (SSSR count). The largest absolute Gasteiger partial charge is 0.483 e. The Morgan fingerprint density at radius 1 is 1.15 bits per heavy atom. The number of methoxy groups -OCH3 is 1. The second-order valence-electron chi connectivity index (χ2n) is 15.7. The Kier molecular flexibility index (Phi) is 9.71. The monoisotopic (exact) mass is 751 g/mol. The number of ether oxygens (including phenoxy) is 2. The summed E-state index contributed by atoms with van der Waals surface area (Å²) in [7, 11) is -2.54. The highest BCUT2D eigenvalue weighted by molar-refractivity contribution is 7.91. The van der Waals surface area contributed by atoms with Gasteiger partial charge in [-0.3, -0.25) is 24.0 Å². The Balaban J connectivity index is 1.26. The number of aromatic nitrogens is 1. The van der Waals surface area contributed by atoms with Gasteiger partial charge < -0.3 is 24.8 Å². The minimum Gasteiger partial charge on any atom is -0.483 e. The molecular weight excluding hydrogens is 703 g/mol. The Morgan fingerprint density at radius 3 is 2.66 bits per heavy atom. The number of allylic oxidation sites excluding steroid dienone is 1. The van der Waals surface area contributed by atoms with Crippen LogP contribution in [0.5, 0.6) is 5.75 Å². The van der Waals surface area contributed by atoms with E-state index in [-0.39, 0.29) is 39.0 Å². The van der Waals surface area contributed by atoms with E-state index in [2.05, 4.69) is 10.0 Å². The Bertz CT molecular complexity index is 1970. The predicted molar refractivity (Wildman–Crippen MR) is 195 cm³/mol. The smallest absolute Gasteiger partial charge is 0.408 e. The van der Waals surface area contributed by atoms with Crippen LogP contribution in [-0.4, -0.2) is 107 Å². The van der Waals surface area contributed by atoms with Gasteiger partial charge in [0.15, 0.2) is 0 Å². The van der Waals surface area contributed by atoms with E-state index < -0.39 is 67.7 Å². The van der Waals surface area contributed by atoms with Gasteiger partial charge in [0.25, 0.3) is 5.91 Å². The Labute approximate surface area is 309 Å². The molecule has 3 aliphatic heterocycles. The van der Waals surface area contributed by atoms with Gasteiger partial charge in [-0.1, -0.05) is 43.2 Å². The van der Waals surface area contributed by atoms with E-state index in [0.717, 1.165) is 34.2 Å². The molecular formula is C38H49N5O9S. The van der Waals surface area contributed by atoms with E-state index in [1.54, 1.807) is 6.92 Å². The number of fused-ring (bicyclic) bond motifs is 5. The lowest BCUT2D eigenvalue weighted by atomic mass is 9.87. The van der Waals surface area contributed by atoms with Crippen molar-refractivity contribution in [2.45, 2.75) is 112 Å². The van der Waals surface area contributed by atoms with Crippen molar-refractivity contribution in [3.63, 3.8) is 0 Å². The van der Waals surface area contributed by atoms with E-state index in [9.17, 15) is 32.7 Å². The number of para-hydroxylation sites is 1. The van der Waals surface area contributed by atoms with Crippen molar-refractivity contribution >= 4 is 44.7 Å². The van der Waals surface area contributed by atoms with Gasteiger partial charge in [-0.25, -0.2) is 18.2 Å². The number of benzene rings is 1. The third kappa shape index (κ3) is 6.86. The third-order valence-corrected chi connectivity index (χ3v) is 14.2. The number of carbonyl (C=O) groups excluding carboxylic acids is 3. The quantitative estimate of drug-likeness (QED) is 0.354. The summed E-state index contributed by atoms with van der Waals surface area (Å²) in [6.45, 7) is 3.51. The molecule has 1 saturated heterocycles. The highest BCUT2D eigenvalue weighted by Crippen LogP contribution is 2.49. The molecule has 1 spiro atoms. The van der Waals surface area contributed by atoms with E-state index in [0.29, 0.717) is 50.0 Å². The van der Waals surface area contributed by atoms with Crippen LogP contribution in [0, 0.1) is 12.8 Å². The average Bonchev–Trinajstić information content (AvgIpc) is 4.01. The number of sulfonamides is 1. The van der Waals surface area contributed by atoms with Crippen molar-refractivity contribution in [3.8, 4) is 5.75 Å². The van der Waals surface area contributed by atoms with Crippen LogP contribution in [0.2, 0.25) is 0 Å². The molecule has 14 nitrogen and oxygen atoms in total. The summed E-state index contributed by atoms with van der Waals surface area (Å²) in [6.07, 6.45) is 7.76. The third-order valence-electron chi connectivity index (χ3n) is 12.0. The number of hydrogen-bond acceptors (Lipinski definition) is 9. The molecule has 15 heteroatoms. The number of carboxylic acid groups (broad SMARTS) is 1. The molecule has 0 unspecified atom stereocenters. The maximum Gasteiger partial charge on any atom is 0.408 e. The molecule has 3 fully saturated rings. The van der Waals surface area contributed by atoms with Gasteiger partial charge in [0.2, 0.25) is 21.8 Å². The van der Waals surface area contributed by atoms with Crippen molar-refractivity contribution in [1.82, 2.24) is 24.8 Å². The summed E-state index contributed by atoms with van der Waals surface area (Å²) < 4.78 is 39.6. The van der Waals surface area contributed by atoms with Crippen LogP contribution in [0.25, 0.3) is 10.9 Å². The summed E-state index contributed by atoms with van der Waals surface area (Å²) in [6, 6.07) is 5.60. The lowest BCUT2D eigenvalue weighted by molar-refractivity contribution is -0.143. The van der Waals surface area contributed by atoms with E-state index in [1.807, 2.05) is 43.3 Å². The van der Waals surface area contributed by atoms with Crippen LogP contribution in [0.1, 0.15) is 82.4 Å². The molecule has 53 heavy (non-hydrogen) atoms. The zero-order valence-corrected chi connectivity index (χ0v) is 31.4. The molecule has 4 heterocycles. The summed E-state index contributed by atoms with van der Waals surface area (Å²) in [5.74, 6) is -1.77. The number of nitrogens with zero attached hydrogens (tertiary/aromatic N) is 3. The second-order valence-corrected chi connectivity index (χ2v) is 17.9. The van der Waals surface area contributed by atoms with Crippen molar-refractivity contribution in [2.24, 2.45) is 5.92 Å². The molecule has 5 atom stereocenters. The minimum absolute atomic E-state index is 0.0130. The summed E-state index contributed by atoms with van der Waals surface area (Å²) in [5, 5.41) is 14.2. The van der Waals surface area contributed by atoms with E-state index in [4.69, 9.17) is 14.5 Å². The van der Waals surface area contributed by atoms with Gasteiger partial charge in [-0.2, -0.15) is 0 Å². The fourth-order valence-electron chi connectivity index (χ4n) is 8.35. The molecule has 3 N–H and O–H groups in total. The fraction of sp³-hybridized carbons (Fsp3) is 0.605. The first-order chi connectivity index (χ1) is 25.2. The van der Waals surface area contributed by atoms with Gasteiger partial charge in [0.05, 0.1) is 29.1 Å². The van der Waals surface area contributed by atoms with Gasteiger partial charge in [-0.05, 0) is 71.3 Å². The SMILES string of the molecule is COCCN(C(=O)O)[C@H]1CCCCC/C=C\[C@@H]2C[C@@]2(C(=O)NS(=O)(=O)C2(C)CC2)NC(=O)[C@@H]2C[C@]3(CCc4c(c(C)nc5ccccc45)O3)CN2C1=O. The molecule has 2 aromatic rings. The number of hydrogen-bond donors (Lipinski definition) is 3. The topological polar surface area (TPSA) is 185 Å². The lowest BCUT2D eigenvalue weighted by Gasteiger charge is -2.37. The molecule has 0 radical (unpaired) electrons. The van der Waals surface area contributed by atoms with Crippen LogP contribution in [0.15, 0.2) is 36.4 Å². The summed E-state index contributed by atoms with van der Waals surface area (Å²) in [5.41, 5.74) is 0.00157. The highest BCUT2D eigenvalue weighted by Gasteiger charge is 2.64. The molecule has 1 aromatic carbocycles. The van der Waals surface area contributed by atoms with E-state index in [1.165, 1.54) is 12.0 Å². The maximum atomic E-state index is 14.8. The molecule has 2 saturated carbocycles. The first-order valence-corrected chi connectivity index (χ1v) is 20.1. The number of carbonyl (C=O) groups is 4. The van der Waals surface area contributed by atoms with Crippen molar-refractivity contribution < 1.29 is 42.2 Å². The Hall–Kier alpha value is -4.24. The van der Waals surface area contributed by atoms with E-state index >= 15 is 0 Å². The number of amides is 4. The van der Waals surface area contributed by atoms with Crippen LogP contribution < -0.4 is 14.8 Å². The van der Waals surface area contributed by atoms with Crippen molar-refractivity contribution in [2.75, 3.05) is 26.8 Å². The maximum absolute atomic E-state index is 14.8. The van der Waals surface area contributed by atoms with Crippen LogP contribution in [0.4, 0.5) is 4.79 Å². The first kappa shape index (κ1) is 37.1. The molecule has 1 aromatic heterocycles. The predicted octanol–water partition coefficient (Wildman–Crippen LogP) is 3.60. The number of rotatable bonds is 7. The molecule has 2 aliphatic carbocycles. The highest BCUT2D eigenvalue weighted by atomic mass is 32.2. The van der Waals surface area contributed by atoms with Crippen LogP contribution in [-0.2, 0) is 35.6 Å². The lowest BCUT2D eigenvalue weighted by Crippen LogP contribution is -2.59. The van der Waals surface area contributed by atoms with Gasteiger partial charge >= 0.3 is 6.09 Å². The van der Waals surface area contributed by atoms with Gasteiger partial charge in [0, 0.05) is 36.9 Å². The van der Waals surface area contributed by atoms with Crippen molar-refractivity contribution in [3.05, 3.63) is 47.7 Å². The first-order valence-electron chi connectivity index (χ1n) is 18.6. The average molecular weight is 752 g/mol. The molecule has 0 bridgehead atoms. The standard InChI is InChI=1S/C38H49N5O9S/c1-24-31-27(26-12-9-10-13-28(26)39-24)15-16-37(52-31)22-30-32(44)40-38(34(46)41-53(49,50)36(2)17-18-36)21-25(38)11-7-5-4-6-8-14-29(33(45)43(30)23-37)42(35(47)48)19-20-51-3/h7,9-13,25,29-30H,4-6,8,14-23H2,1-3H3,(H,40,44)(H,41,46)(H,47,48)/b11-7-/t25-,29+,30+,37-,38-/m1/s1. The normalized spacial score (nSPS) is 30.1. The Morgan fingerprint density at radius 2 is 1.92 bits per heavy atom. The zero-order chi connectivity index (χ0) is 37.8. The van der Waals surface area contributed by atoms with Gasteiger partial charge in [0.1, 0.15) is 29.0 Å². The van der Waals surface area contributed by atoms with Crippen LogP contribution in [0.3, 0.4) is 0 Å². The van der Waals surface area contributed by atoms with Crippen LogP contribution >= 0.6 is 0 Å². The summed E-state index contributed by atoms with van der Waals surface area (Å²) in [4.78, 5) is 63.3. The number of aryl methyl sites for hydroxylation is 2. The molecule has 5 aliphatic rings. The minimum atomic E-state index is -4.00.